The third kappa shape index (κ3) is 58.3. The number of allylic oxidation sites excluding steroid dienone is 8. The predicted molar refractivity (Wildman–Crippen MR) is 312 cm³/mol. The van der Waals surface area contributed by atoms with Crippen LogP contribution in [0, 0.1) is 0 Å². The number of unbranched alkanes of at least 4 members (excludes halogenated alkanes) is 39. The third-order valence-corrected chi connectivity index (χ3v) is 14.1. The summed E-state index contributed by atoms with van der Waals surface area (Å²) in [5.41, 5.74) is 0. The van der Waals surface area contributed by atoms with Crippen LogP contribution in [0.15, 0.2) is 48.6 Å². The normalized spacial score (nSPS) is 12.3. The van der Waals surface area contributed by atoms with Crippen molar-refractivity contribution in [1.29, 1.82) is 0 Å². The maximum Gasteiger partial charge on any atom is 0.306 e. The number of ether oxygens (including phenoxy) is 3. The molecule has 0 aromatic rings. The van der Waals surface area contributed by atoms with E-state index in [9.17, 15) is 14.4 Å². The highest BCUT2D eigenvalue weighted by Gasteiger charge is 2.19. The average molecular weight is 1010 g/mol. The fourth-order valence-electron chi connectivity index (χ4n) is 9.38. The van der Waals surface area contributed by atoms with Crippen LogP contribution in [0.25, 0.3) is 0 Å². The molecule has 0 aromatic heterocycles. The molecule has 0 heterocycles. The van der Waals surface area contributed by atoms with Gasteiger partial charge in [0.1, 0.15) is 13.2 Å². The first-order valence-corrected chi connectivity index (χ1v) is 31.6. The van der Waals surface area contributed by atoms with E-state index >= 15 is 0 Å². The summed E-state index contributed by atoms with van der Waals surface area (Å²) in [7, 11) is 0. The molecule has 0 saturated heterocycles. The highest BCUT2D eigenvalue weighted by molar-refractivity contribution is 5.71. The molecule has 0 radical (unpaired) electrons. The summed E-state index contributed by atoms with van der Waals surface area (Å²) < 4.78 is 16.8. The van der Waals surface area contributed by atoms with Crippen molar-refractivity contribution >= 4 is 17.9 Å². The molecule has 0 saturated carbocycles. The first-order chi connectivity index (χ1) is 35.5. The highest BCUT2D eigenvalue weighted by atomic mass is 16.6. The lowest BCUT2D eigenvalue weighted by molar-refractivity contribution is -0.167. The second-order valence-corrected chi connectivity index (χ2v) is 21.3. The monoisotopic (exact) mass is 1010 g/mol. The van der Waals surface area contributed by atoms with Gasteiger partial charge in [-0.1, -0.05) is 307 Å². The van der Waals surface area contributed by atoms with E-state index < -0.39 is 6.10 Å². The molecule has 0 aromatic carbocycles. The van der Waals surface area contributed by atoms with Crippen molar-refractivity contribution in [3.63, 3.8) is 0 Å². The van der Waals surface area contributed by atoms with E-state index in [0.29, 0.717) is 19.3 Å². The van der Waals surface area contributed by atoms with Crippen molar-refractivity contribution in [2.45, 2.75) is 341 Å². The van der Waals surface area contributed by atoms with E-state index in [-0.39, 0.29) is 31.1 Å². The van der Waals surface area contributed by atoms with Crippen LogP contribution in [0.1, 0.15) is 335 Å². The van der Waals surface area contributed by atoms with Gasteiger partial charge in [-0.25, -0.2) is 0 Å². The van der Waals surface area contributed by atoms with Crippen LogP contribution in [0.4, 0.5) is 0 Å². The average Bonchev–Trinajstić information content (AvgIpc) is 3.38. The maximum absolute atomic E-state index is 12.8. The highest BCUT2D eigenvalue weighted by Crippen LogP contribution is 2.18. The zero-order valence-electron chi connectivity index (χ0n) is 48.2. The molecule has 6 nitrogen and oxygen atoms in total. The lowest BCUT2D eigenvalue weighted by atomic mass is 10.0. The largest absolute Gasteiger partial charge is 0.462 e. The minimum absolute atomic E-state index is 0.0753. The Bertz CT molecular complexity index is 1250. The van der Waals surface area contributed by atoms with Gasteiger partial charge in [-0.2, -0.15) is 0 Å². The quantitative estimate of drug-likeness (QED) is 0.0261. The topological polar surface area (TPSA) is 78.9 Å². The predicted octanol–water partition coefficient (Wildman–Crippen LogP) is 21.4. The minimum Gasteiger partial charge on any atom is -0.462 e. The van der Waals surface area contributed by atoms with Crippen molar-refractivity contribution in [3.8, 4) is 0 Å². The molecule has 72 heavy (non-hydrogen) atoms. The van der Waals surface area contributed by atoms with Crippen molar-refractivity contribution in [1.82, 2.24) is 0 Å². The lowest BCUT2D eigenvalue weighted by Gasteiger charge is -2.18. The molecule has 0 fully saturated rings. The Morgan fingerprint density at radius 1 is 0.292 bits per heavy atom. The number of carbonyl (C=O) groups excluding carboxylic acids is 3. The zero-order chi connectivity index (χ0) is 52.2. The van der Waals surface area contributed by atoms with Gasteiger partial charge in [0.2, 0.25) is 0 Å². The zero-order valence-corrected chi connectivity index (χ0v) is 48.2. The van der Waals surface area contributed by atoms with Crippen molar-refractivity contribution in [2.24, 2.45) is 0 Å². The van der Waals surface area contributed by atoms with E-state index in [2.05, 4.69) is 69.4 Å². The SMILES string of the molecule is CC/C=C\C/C=C\C/C=C\C/C=C\CCCCCCCCC(=O)OC(COC(=O)CCCCCCCCC)COC(=O)CCCCCCCCCCCCCCCCCCCCCCCCCCCCCC. The van der Waals surface area contributed by atoms with Gasteiger partial charge in [-0.05, 0) is 57.8 Å². The van der Waals surface area contributed by atoms with Crippen molar-refractivity contribution < 1.29 is 28.6 Å². The van der Waals surface area contributed by atoms with Gasteiger partial charge in [0.15, 0.2) is 6.10 Å². The molecule has 6 heteroatoms. The van der Waals surface area contributed by atoms with Crippen molar-refractivity contribution in [3.05, 3.63) is 48.6 Å². The molecule has 0 bridgehead atoms. The molecule has 0 amide bonds. The van der Waals surface area contributed by atoms with Gasteiger partial charge in [0.05, 0.1) is 0 Å². The summed E-state index contributed by atoms with van der Waals surface area (Å²) in [4.78, 5) is 38.0. The van der Waals surface area contributed by atoms with Crippen LogP contribution in [0.2, 0.25) is 0 Å². The Balaban J connectivity index is 4.07. The van der Waals surface area contributed by atoms with Gasteiger partial charge in [-0.3, -0.25) is 14.4 Å². The number of esters is 3. The van der Waals surface area contributed by atoms with Crippen LogP contribution in [-0.4, -0.2) is 37.2 Å². The number of carbonyl (C=O) groups is 3. The van der Waals surface area contributed by atoms with Crippen LogP contribution in [0.3, 0.4) is 0 Å². The Labute approximate surface area is 448 Å². The standard InChI is InChI=1S/C66H120O6/c1-4-7-10-13-16-18-20-22-24-26-28-29-30-31-32-33-34-35-36-38-39-41-43-45-47-50-53-56-59-65(68)71-62-63(61-70-64(67)58-55-52-49-15-12-9-6-3)72-66(69)60-57-54-51-48-46-44-42-40-37-27-25-23-21-19-17-14-11-8-5-2/h8,11,17,19,23,25,37,40,63H,4-7,9-10,12-16,18,20-22,24,26-36,38-39,41-62H2,1-3H3/b11-8-,19-17-,25-23-,40-37-. The van der Waals surface area contributed by atoms with E-state index in [1.807, 2.05) is 0 Å². The molecular formula is C66H120O6. The molecule has 0 rings (SSSR count). The molecule has 0 spiro atoms. The summed E-state index contributed by atoms with van der Waals surface area (Å²) in [6.45, 7) is 6.52. The summed E-state index contributed by atoms with van der Waals surface area (Å²) in [5, 5.41) is 0. The van der Waals surface area contributed by atoms with E-state index in [0.717, 1.165) is 96.3 Å². The summed E-state index contributed by atoms with van der Waals surface area (Å²) >= 11 is 0. The summed E-state index contributed by atoms with van der Waals surface area (Å²) in [5.74, 6) is -0.879. The van der Waals surface area contributed by atoms with Gasteiger partial charge in [-0.15, -0.1) is 0 Å². The van der Waals surface area contributed by atoms with Crippen LogP contribution < -0.4 is 0 Å². The van der Waals surface area contributed by atoms with E-state index in [4.69, 9.17) is 14.2 Å². The fraction of sp³-hybridized carbons (Fsp3) is 0.833. The van der Waals surface area contributed by atoms with Crippen LogP contribution in [0.5, 0.6) is 0 Å². The first-order valence-electron chi connectivity index (χ1n) is 31.6. The number of rotatable bonds is 58. The number of hydrogen-bond acceptors (Lipinski definition) is 6. The van der Waals surface area contributed by atoms with Crippen molar-refractivity contribution in [2.75, 3.05) is 13.2 Å². The molecule has 0 aliphatic carbocycles. The Kier molecular flexibility index (Phi) is 58.7. The van der Waals surface area contributed by atoms with Gasteiger partial charge >= 0.3 is 17.9 Å². The van der Waals surface area contributed by atoms with Gasteiger partial charge in [0.25, 0.3) is 0 Å². The van der Waals surface area contributed by atoms with Crippen LogP contribution >= 0.6 is 0 Å². The molecule has 1 atom stereocenters. The number of hydrogen-bond donors (Lipinski definition) is 0. The van der Waals surface area contributed by atoms with E-state index in [1.54, 1.807) is 0 Å². The Hall–Kier alpha value is -2.63. The summed E-state index contributed by atoms with van der Waals surface area (Å²) in [6.07, 6.45) is 75.8. The molecule has 0 aliphatic rings. The Morgan fingerprint density at radius 3 is 0.847 bits per heavy atom. The smallest absolute Gasteiger partial charge is 0.306 e. The molecular weight excluding hydrogens is 889 g/mol. The molecule has 1 unspecified atom stereocenters. The minimum atomic E-state index is -0.776. The van der Waals surface area contributed by atoms with E-state index in [1.165, 1.54) is 199 Å². The fourth-order valence-corrected chi connectivity index (χ4v) is 9.38. The molecule has 420 valence electrons. The summed E-state index contributed by atoms with van der Waals surface area (Å²) in [6, 6.07) is 0. The first kappa shape index (κ1) is 69.4. The van der Waals surface area contributed by atoms with Gasteiger partial charge in [0, 0.05) is 19.3 Å². The molecule has 0 N–H and O–H groups in total. The second kappa shape index (κ2) is 60.9. The second-order valence-electron chi connectivity index (χ2n) is 21.3. The van der Waals surface area contributed by atoms with Crippen LogP contribution in [-0.2, 0) is 28.6 Å². The maximum atomic E-state index is 12.8. The third-order valence-electron chi connectivity index (χ3n) is 14.1. The molecule has 0 aliphatic heterocycles. The van der Waals surface area contributed by atoms with Gasteiger partial charge < -0.3 is 14.2 Å². The lowest BCUT2D eigenvalue weighted by Crippen LogP contribution is -2.30. The Morgan fingerprint density at radius 2 is 0.542 bits per heavy atom.